The van der Waals surface area contributed by atoms with E-state index >= 15 is 0 Å². The van der Waals surface area contributed by atoms with E-state index in [9.17, 15) is 4.79 Å². The van der Waals surface area contributed by atoms with Gasteiger partial charge in [0.25, 0.3) is 0 Å². The van der Waals surface area contributed by atoms with Crippen LogP contribution in [0.3, 0.4) is 0 Å². The SMILES string of the molecule is COC(=O)CSc1nc(N)nc2c1ncn2Cc1ccccc1. The van der Waals surface area contributed by atoms with Crippen LogP contribution in [0.25, 0.3) is 11.2 Å². The van der Waals surface area contributed by atoms with Gasteiger partial charge >= 0.3 is 5.97 Å². The van der Waals surface area contributed by atoms with E-state index in [1.54, 1.807) is 6.33 Å². The molecule has 2 N–H and O–H groups in total. The van der Waals surface area contributed by atoms with E-state index in [-0.39, 0.29) is 17.7 Å². The van der Waals surface area contributed by atoms with Crippen LogP contribution in [0.15, 0.2) is 41.7 Å². The van der Waals surface area contributed by atoms with Gasteiger partial charge in [-0.1, -0.05) is 42.1 Å². The van der Waals surface area contributed by atoms with Crippen molar-refractivity contribution < 1.29 is 9.53 Å². The van der Waals surface area contributed by atoms with Crippen molar-refractivity contribution in [2.75, 3.05) is 18.6 Å². The summed E-state index contributed by atoms with van der Waals surface area (Å²) >= 11 is 1.23. The maximum atomic E-state index is 11.3. The molecule has 8 heteroatoms. The number of carbonyl (C=O) groups is 1. The zero-order valence-electron chi connectivity index (χ0n) is 12.5. The standard InChI is InChI=1S/C15H15N5O2S/c1-22-11(21)8-23-14-12-13(18-15(16)19-14)20(9-17-12)7-10-5-3-2-4-6-10/h2-6,9H,7-8H2,1H3,(H2,16,18,19). The summed E-state index contributed by atoms with van der Waals surface area (Å²) in [5, 5.41) is 0.574. The van der Waals surface area contributed by atoms with Crippen LogP contribution in [-0.2, 0) is 16.1 Å². The summed E-state index contributed by atoms with van der Waals surface area (Å²) < 4.78 is 6.55. The minimum Gasteiger partial charge on any atom is -0.468 e. The summed E-state index contributed by atoms with van der Waals surface area (Å²) in [7, 11) is 1.35. The van der Waals surface area contributed by atoms with Gasteiger partial charge in [-0.15, -0.1) is 0 Å². The third kappa shape index (κ3) is 3.42. The number of hydrogen-bond donors (Lipinski definition) is 1. The molecule has 0 saturated carbocycles. The molecular weight excluding hydrogens is 314 g/mol. The number of carbonyl (C=O) groups excluding carboxylic acids is 1. The van der Waals surface area contributed by atoms with Crippen LogP contribution in [0.2, 0.25) is 0 Å². The Bertz CT molecular complexity index is 835. The predicted octanol–water partition coefficient (Wildman–Crippen LogP) is 1.72. The molecular formula is C15H15N5O2S. The van der Waals surface area contributed by atoms with E-state index < -0.39 is 0 Å². The van der Waals surface area contributed by atoms with Crippen molar-refractivity contribution in [1.82, 2.24) is 19.5 Å². The van der Waals surface area contributed by atoms with Crippen molar-refractivity contribution in [1.29, 1.82) is 0 Å². The second-order valence-corrected chi connectivity index (χ2v) is 5.75. The molecule has 0 saturated heterocycles. The molecule has 118 valence electrons. The number of nitrogens with two attached hydrogens (primary N) is 1. The molecule has 0 bridgehead atoms. The highest BCUT2D eigenvalue weighted by Gasteiger charge is 2.14. The number of nitrogen functional groups attached to an aromatic ring is 1. The summed E-state index contributed by atoms with van der Waals surface area (Å²) in [6.07, 6.45) is 1.70. The molecule has 3 rings (SSSR count). The molecule has 0 atom stereocenters. The third-order valence-electron chi connectivity index (χ3n) is 3.20. The first kappa shape index (κ1) is 15.3. The van der Waals surface area contributed by atoms with Crippen molar-refractivity contribution in [3.05, 3.63) is 42.2 Å². The maximum Gasteiger partial charge on any atom is 0.316 e. The average Bonchev–Trinajstić information content (AvgIpc) is 2.96. The number of thioether (sulfide) groups is 1. The number of ether oxygens (including phenoxy) is 1. The number of imidazole rings is 1. The fraction of sp³-hybridized carbons (Fsp3) is 0.200. The number of fused-ring (bicyclic) bond motifs is 1. The summed E-state index contributed by atoms with van der Waals surface area (Å²) in [4.78, 5) is 24.1. The van der Waals surface area contributed by atoms with Gasteiger partial charge in [0.2, 0.25) is 5.95 Å². The molecule has 0 unspecified atom stereocenters. The van der Waals surface area contributed by atoms with Crippen LogP contribution in [0.4, 0.5) is 5.95 Å². The van der Waals surface area contributed by atoms with E-state index in [0.717, 1.165) is 5.56 Å². The van der Waals surface area contributed by atoms with E-state index in [4.69, 9.17) is 5.73 Å². The van der Waals surface area contributed by atoms with Gasteiger partial charge in [-0.3, -0.25) is 4.79 Å². The number of nitrogens with zero attached hydrogens (tertiary/aromatic N) is 4. The van der Waals surface area contributed by atoms with Crippen LogP contribution in [0.5, 0.6) is 0 Å². The lowest BCUT2D eigenvalue weighted by molar-refractivity contribution is -0.137. The van der Waals surface area contributed by atoms with Crippen LogP contribution in [0.1, 0.15) is 5.56 Å². The quantitative estimate of drug-likeness (QED) is 0.432. The Labute approximate surface area is 136 Å². The zero-order valence-corrected chi connectivity index (χ0v) is 13.3. The number of aromatic nitrogens is 4. The molecule has 0 aliphatic heterocycles. The zero-order chi connectivity index (χ0) is 16.2. The molecule has 0 amide bonds. The summed E-state index contributed by atoms with van der Waals surface area (Å²) in [5.41, 5.74) is 8.20. The topological polar surface area (TPSA) is 95.9 Å². The van der Waals surface area contributed by atoms with Crippen LogP contribution in [-0.4, -0.2) is 38.4 Å². The lowest BCUT2D eigenvalue weighted by atomic mass is 10.2. The molecule has 2 aromatic heterocycles. The van der Waals surface area contributed by atoms with Crippen molar-refractivity contribution >= 4 is 34.8 Å². The molecule has 2 heterocycles. The van der Waals surface area contributed by atoms with Crippen LogP contribution in [0, 0.1) is 0 Å². The maximum absolute atomic E-state index is 11.3. The molecule has 0 radical (unpaired) electrons. The fourth-order valence-electron chi connectivity index (χ4n) is 2.12. The average molecular weight is 329 g/mol. The van der Waals surface area contributed by atoms with E-state index in [0.29, 0.717) is 22.7 Å². The highest BCUT2D eigenvalue weighted by atomic mass is 32.2. The van der Waals surface area contributed by atoms with Gasteiger partial charge in [-0.25, -0.2) is 9.97 Å². The number of esters is 1. The van der Waals surface area contributed by atoms with Gasteiger partial charge < -0.3 is 15.0 Å². The van der Waals surface area contributed by atoms with Crippen molar-refractivity contribution in [3.63, 3.8) is 0 Å². The molecule has 0 fully saturated rings. The lowest BCUT2D eigenvalue weighted by Gasteiger charge is -2.06. The van der Waals surface area contributed by atoms with Crippen molar-refractivity contribution in [2.45, 2.75) is 11.6 Å². The molecule has 7 nitrogen and oxygen atoms in total. The van der Waals surface area contributed by atoms with Gasteiger partial charge in [0.05, 0.1) is 25.7 Å². The summed E-state index contributed by atoms with van der Waals surface area (Å²) in [6.45, 7) is 0.634. The van der Waals surface area contributed by atoms with E-state index in [1.807, 2.05) is 34.9 Å². The number of rotatable bonds is 5. The minimum atomic E-state index is -0.330. The van der Waals surface area contributed by atoms with E-state index in [1.165, 1.54) is 18.9 Å². The summed E-state index contributed by atoms with van der Waals surface area (Å²) in [6, 6.07) is 9.99. The third-order valence-corrected chi connectivity index (χ3v) is 4.14. The van der Waals surface area contributed by atoms with Gasteiger partial charge in [0.15, 0.2) is 5.65 Å². The monoisotopic (exact) mass is 329 g/mol. The Kier molecular flexibility index (Phi) is 4.42. The molecule has 3 aromatic rings. The Balaban J connectivity index is 1.93. The largest absolute Gasteiger partial charge is 0.468 e. The van der Waals surface area contributed by atoms with Gasteiger partial charge in [-0.05, 0) is 5.56 Å². The van der Waals surface area contributed by atoms with Crippen molar-refractivity contribution in [3.8, 4) is 0 Å². The molecule has 23 heavy (non-hydrogen) atoms. The smallest absolute Gasteiger partial charge is 0.316 e. The first-order valence-electron chi connectivity index (χ1n) is 6.89. The number of methoxy groups -OCH3 is 1. The predicted molar refractivity (Wildman–Crippen MR) is 88.0 cm³/mol. The highest BCUT2D eigenvalue weighted by molar-refractivity contribution is 8.00. The molecule has 1 aromatic carbocycles. The molecule has 0 aliphatic rings. The lowest BCUT2D eigenvalue weighted by Crippen LogP contribution is -2.05. The highest BCUT2D eigenvalue weighted by Crippen LogP contribution is 2.25. The van der Waals surface area contributed by atoms with Gasteiger partial charge in [-0.2, -0.15) is 4.98 Å². The second-order valence-electron chi connectivity index (χ2n) is 4.78. The van der Waals surface area contributed by atoms with E-state index in [2.05, 4.69) is 19.7 Å². The molecule has 0 spiro atoms. The fourth-order valence-corrected chi connectivity index (χ4v) is 2.93. The first-order chi connectivity index (χ1) is 11.2. The minimum absolute atomic E-state index is 0.146. The van der Waals surface area contributed by atoms with Crippen molar-refractivity contribution in [2.24, 2.45) is 0 Å². The molecule has 0 aliphatic carbocycles. The Hall–Kier alpha value is -2.61. The number of benzene rings is 1. The summed E-state index contributed by atoms with van der Waals surface area (Å²) in [5.74, 6) is -0.0307. The van der Waals surface area contributed by atoms with Gasteiger partial charge in [0, 0.05) is 0 Å². The van der Waals surface area contributed by atoms with Crippen LogP contribution >= 0.6 is 11.8 Å². The Morgan fingerprint density at radius 2 is 2.09 bits per heavy atom. The Morgan fingerprint density at radius 3 is 2.83 bits per heavy atom. The van der Waals surface area contributed by atoms with Gasteiger partial charge in [0.1, 0.15) is 10.5 Å². The number of hydrogen-bond acceptors (Lipinski definition) is 7. The Morgan fingerprint density at radius 1 is 1.30 bits per heavy atom. The second kappa shape index (κ2) is 6.66. The first-order valence-corrected chi connectivity index (χ1v) is 7.88. The normalized spacial score (nSPS) is 10.8. The number of anilines is 1. The van der Waals surface area contributed by atoms with Crippen LogP contribution < -0.4 is 5.73 Å².